The highest BCUT2D eigenvalue weighted by atomic mass is 19.4. The van der Waals surface area contributed by atoms with Gasteiger partial charge in [0.05, 0.1) is 52.7 Å². The Labute approximate surface area is 276 Å². The largest absolute Gasteiger partial charge is 0.466 e. The summed E-state index contributed by atoms with van der Waals surface area (Å²) in [6, 6.07) is 3.15. The summed E-state index contributed by atoms with van der Waals surface area (Å²) < 4.78 is 129. The standard InChI is InChI=1S/C33H34F9N5O2/c1-3-23-28(43)27(22-15-19(31(34,35)36)5-6-24(22)45-23)29-44-16-26(47-9-7-18(8-10-47)30(48)49-4-2)25(46-29)13-17-11-20(32(37,38)39)14-21(12-17)33(40,41)42/h5-6,11-12,14-16,18,23,27-28,45H,3-4,7-10,13,43H2,1-2H3. The first-order valence-corrected chi connectivity index (χ1v) is 15.7. The maximum atomic E-state index is 13.8. The summed E-state index contributed by atoms with van der Waals surface area (Å²) in [4.78, 5) is 23.2. The van der Waals surface area contributed by atoms with Crippen LogP contribution in [0.2, 0.25) is 0 Å². The molecule has 1 fully saturated rings. The van der Waals surface area contributed by atoms with Gasteiger partial charge in [-0.3, -0.25) is 4.79 Å². The number of benzene rings is 2. The van der Waals surface area contributed by atoms with Crippen LogP contribution in [0.25, 0.3) is 0 Å². The van der Waals surface area contributed by atoms with Gasteiger partial charge < -0.3 is 20.7 Å². The zero-order valence-corrected chi connectivity index (χ0v) is 26.4. The van der Waals surface area contributed by atoms with Crippen molar-refractivity contribution in [3.05, 3.63) is 81.9 Å². The number of rotatable bonds is 7. The smallest absolute Gasteiger partial charge is 0.416 e. The van der Waals surface area contributed by atoms with Crippen LogP contribution in [0.3, 0.4) is 0 Å². The van der Waals surface area contributed by atoms with Crippen LogP contribution in [0, 0.1) is 5.92 Å². The van der Waals surface area contributed by atoms with Crippen LogP contribution in [0.5, 0.6) is 0 Å². The summed E-state index contributed by atoms with van der Waals surface area (Å²) in [6.45, 7) is 4.25. The van der Waals surface area contributed by atoms with Gasteiger partial charge in [0.2, 0.25) is 0 Å². The summed E-state index contributed by atoms with van der Waals surface area (Å²) in [5.74, 6) is -1.81. The minimum atomic E-state index is -5.08. The molecule has 7 nitrogen and oxygen atoms in total. The van der Waals surface area contributed by atoms with E-state index in [1.54, 1.807) is 11.8 Å². The Morgan fingerprint density at radius 2 is 1.53 bits per heavy atom. The molecule has 1 saturated heterocycles. The molecule has 1 aromatic heterocycles. The molecule has 266 valence electrons. The molecule has 5 rings (SSSR count). The van der Waals surface area contributed by atoms with Crippen molar-refractivity contribution in [2.75, 3.05) is 29.9 Å². The molecule has 0 saturated carbocycles. The van der Waals surface area contributed by atoms with Crippen molar-refractivity contribution in [3.63, 3.8) is 0 Å². The lowest BCUT2D eigenvalue weighted by Gasteiger charge is -2.38. The second-order valence-corrected chi connectivity index (χ2v) is 12.2. The number of nitrogens with two attached hydrogens (primary N) is 1. The maximum Gasteiger partial charge on any atom is 0.416 e. The lowest BCUT2D eigenvalue weighted by molar-refractivity contribution is -0.148. The van der Waals surface area contributed by atoms with Crippen LogP contribution in [0.4, 0.5) is 50.9 Å². The highest BCUT2D eigenvalue weighted by Gasteiger charge is 2.40. The van der Waals surface area contributed by atoms with Crippen LogP contribution >= 0.6 is 0 Å². The molecule has 16 heteroatoms. The highest BCUT2D eigenvalue weighted by molar-refractivity contribution is 5.73. The van der Waals surface area contributed by atoms with E-state index in [0.717, 1.165) is 12.1 Å². The van der Waals surface area contributed by atoms with Gasteiger partial charge in [-0.15, -0.1) is 0 Å². The molecule has 2 aromatic carbocycles. The van der Waals surface area contributed by atoms with Gasteiger partial charge in [0.25, 0.3) is 0 Å². The van der Waals surface area contributed by atoms with Gasteiger partial charge in [-0.25, -0.2) is 9.97 Å². The third kappa shape index (κ3) is 7.89. The van der Waals surface area contributed by atoms with Crippen molar-refractivity contribution in [3.8, 4) is 0 Å². The van der Waals surface area contributed by atoms with E-state index >= 15 is 0 Å². The molecule has 2 aliphatic rings. The van der Waals surface area contributed by atoms with E-state index < -0.39 is 65.6 Å². The summed E-state index contributed by atoms with van der Waals surface area (Å²) in [7, 11) is 0. The fourth-order valence-electron chi connectivity index (χ4n) is 6.45. The minimum Gasteiger partial charge on any atom is -0.466 e. The number of hydrogen-bond acceptors (Lipinski definition) is 7. The average Bonchev–Trinajstić information content (AvgIpc) is 3.03. The summed E-state index contributed by atoms with van der Waals surface area (Å²) in [6.07, 6.45) is -12.8. The van der Waals surface area contributed by atoms with E-state index in [0.29, 0.717) is 42.8 Å². The SMILES string of the molecule is CCOC(=O)C1CCN(c2cnc(C3c4cc(C(F)(F)F)ccc4NC(CC)C3N)nc2Cc2cc(C(F)(F)F)cc(C(F)(F)F)c2)CC1. The van der Waals surface area contributed by atoms with E-state index in [2.05, 4.69) is 15.3 Å². The minimum absolute atomic E-state index is 0.0313. The van der Waals surface area contributed by atoms with Crippen LogP contribution < -0.4 is 16.0 Å². The molecule has 0 spiro atoms. The molecule has 0 aliphatic carbocycles. The van der Waals surface area contributed by atoms with Crippen LogP contribution in [-0.2, 0) is 34.5 Å². The Morgan fingerprint density at radius 3 is 2.08 bits per heavy atom. The van der Waals surface area contributed by atoms with Gasteiger partial charge in [-0.05, 0) is 73.7 Å². The first-order valence-electron chi connectivity index (χ1n) is 15.7. The van der Waals surface area contributed by atoms with Crippen molar-refractivity contribution < 1.29 is 49.0 Å². The molecule has 0 bridgehead atoms. The Kier molecular flexibility index (Phi) is 10.1. The van der Waals surface area contributed by atoms with Crippen LogP contribution in [0.15, 0.2) is 42.6 Å². The first-order chi connectivity index (χ1) is 22.9. The molecule has 0 radical (unpaired) electrons. The van der Waals surface area contributed by atoms with Gasteiger partial charge in [-0.1, -0.05) is 6.92 Å². The third-order valence-electron chi connectivity index (χ3n) is 8.96. The molecular weight excluding hydrogens is 669 g/mol. The van der Waals surface area contributed by atoms with Gasteiger partial charge in [0, 0.05) is 37.3 Å². The van der Waals surface area contributed by atoms with Crippen molar-refractivity contribution in [2.45, 2.75) is 76.1 Å². The second-order valence-electron chi connectivity index (χ2n) is 12.2. The fraction of sp³-hybridized carbons (Fsp3) is 0.485. The predicted octanol–water partition coefficient (Wildman–Crippen LogP) is 7.57. The first kappa shape index (κ1) is 36.2. The number of halogens is 9. The zero-order chi connectivity index (χ0) is 35.9. The van der Waals surface area contributed by atoms with E-state index in [-0.39, 0.29) is 54.4 Å². The molecule has 3 unspecified atom stereocenters. The molecule has 3 atom stereocenters. The van der Waals surface area contributed by atoms with Crippen LogP contribution in [-0.4, -0.2) is 47.7 Å². The number of nitrogens with one attached hydrogen (secondary N) is 1. The number of hydrogen-bond donors (Lipinski definition) is 2. The molecular formula is C33H34F9N5O2. The molecule has 3 N–H and O–H groups in total. The number of carbonyl (C=O) groups is 1. The van der Waals surface area contributed by atoms with Crippen molar-refractivity contribution >= 4 is 17.3 Å². The number of aromatic nitrogens is 2. The molecule has 49 heavy (non-hydrogen) atoms. The number of fused-ring (bicyclic) bond motifs is 1. The average molecular weight is 704 g/mol. The van der Waals surface area contributed by atoms with E-state index in [1.807, 2.05) is 6.92 Å². The van der Waals surface area contributed by atoms with Crippen molar-refractivity contribution in [1.82, 2.24) is 9.97 Å². The van der Waals surface area contributed by atoms with Crippen molar-refractivity contribution in [2.24, 2.45) is 11.7 Å². The summed E-state index contributed by atoms with van der Waals surface area (Å²) >= 11 is 0. The Balaban J connectivity index is 1.63. The van der Waals surface area contributed by atoms with Gasteiger partial charge in [-0.2, -0.15) is 39.5 Å². The molecule has 3 aromatic rings. The molecule has 2 aliphatic heterocycles. The van der Waals surface area contributed by atoms with Gasteiger partial charge >= 0.3 is 24.5 Å². The maximum absolute atomic E-state index is 13.8. The number of anilines is 2. The summed E-state index contributed by atoms with van der Waals surface area (Å²) in [5, 5.41) is 3.15. The Bertz CT molecular complexity index is 1640. The fourth-order valence-corrected chi connectivity index (χ4v) is 6.45. The van der Waals surface area contributed by atoms with Gasteiger partial charge in [0.15, 0.2) is 0 Å². The summed E-state index contributed by atoms with van der Waals surface area (Å²) in [5.41, 5.74) is 3.21. The number of ether oxygens (including phenoxy) is 1. The van der Waals surface area contributed by atoms with E-state index in [4.69, 9.17) is 10.5 Å². The quantitative estimate of drug-likeness (QED) is 0.194. The third-order valence-corrected chi connectivity index (χ3v) is 8.96. The second kappa shape index (κ2) is 13.7. The number of alkyl halides is 9. The number of piperidine rings is 1. The zero-order valence-electron chi connectivity index (χ0n) is 26.4. The van der Waals surface area contributed by atoms with Crippen molar-refractivity contribution in [1.29, 1.82) is 0 Å². The number of nitrogens with zero attached hydrogens (tertiary/aromatic N) is 3. The predicted molar refractivity (Wildman–Crippen MR) is 162 cm³/mol. The van der Waals surface area contributed by atoms with Gasteiger partial charge in [0.1, 0.15) is 5.82 Å². The van der Waals surface area contributed by atoms with E-state index in [1.165, 1.54) is 12.3 Å². The molecule has 0 amide bonds. The highest BCUT2D eigenvalue weighted by Crippen LogP contribution is 2.42. The Hall–Kier alpha value is -4.08. The lowest BCUT2D eigenvalue weighted by Crippen LogP contribution is -2.48. The lowest BCUT2D eigenvalue weighted by atomic mass is 9.80. The topological polar surface area (TPSA) is 93.4 Å². The normalized spacial score (nSPS) is 20.5. The monoisotopic (exact) mass is 703 g/mol. The van der Waals surface area contributed by atoms with E-state index in [9.17, 15) is 44.3 Å². The van der Waals surface area contributed by atoms with Crippen LogP contribution in [0.1, 0.15) is 78.4 Å². The molecule has 3 heterocycles. The number of esters is 1. The Morgan fingerprint density at radius 1 is 0.918 bits per heavy atom. The number of carbonyl (C=O) groups excluding carboxylic acids is 1.